The Morgan fingerprint density at radius 2 is 1.97 bits per heavy atom. The fraction of sp³-hybridized carbons (Fsp3) is 0.318. The number of carbonyl (C=O) groups excluding carboxylic acids is 2. The van der Waals surface area contributed by atoms with Crippen molar-refractivity contribution in [3.05, 3.63) is 59.4 Å². The molecular formula is C22H23FN2O5. The highest BCUT2D eigenvalue weighted by Gasteiger charge is 2.38. The first-order valence-electron chi connectivity index (χ1n) is 9.51. The Bertz CT molecular complexity index is 976. The summed E-state index contributed by atoms with van der Waals surface area (Å²) in [6.07, 6.45) is 0. The van der Waals surface area contributed by atoms with Crippen LogP contribution >= 0.6 is 0 Å². The summed E-state index contributed by atoms with van der Waals surface area (Å²) < 4.78 is 30.0. The Kier molecular flexibility index (Phi) is 6.66. The summed E-state index contributed by atoms with van der Waals surface area (Å²) >= 11 is 0. The quantitative estimate of drug-likeness (QED) is 0.696. The first kappa shape index (κ1) is 21.3. The fourth-order valence-electron chi connectivity index (χ4n) is 3.36. The number of hydrogen-bond donors (Lipinski definition) is 1. The monoisotopic (exact) mass is 414 g/mol. The molecule has 3 rings (SSSR count). The minimum atomic E-state index is -0.753. The van der Waals surface area contributed by atoms with Crippen LogP contribution in [0.1, 0.15) is 31.0 Å². The molecule has 0 aromatic heterocycles. The van der Waals surface area contributed by atoms with Gasteiger partial charge in [0.1, 0.15) is 18.3 Å². The predicted octanol–water partition coefficient (Wildman–Crippen LogP) is 3.82. The molecule has 1 heterocycles. The number of para-hydroxylation sites is 1. The van der Waals surface area contributed by atoms with Gasteiger partial charge in [-0.1, -0.05) is 18.2 Å². The molecule has 0 spiro atoms. The standard InChI is InChI=1S/C22H23FN2O5/c1-4-29-21(26)19-13(2)24-22(27)25-20(19)14-9-10-17(28-3)15(11-14)12-30-18-8-6-5-7-16(18)23/h5-11,19-20H,4,12H2,1-3H3,(H,25,27). The number of nitrogens with zero attached hydrogens (tertiary/aromatic N) is 1. The number of aliphatic imine (C=N–C) groups is 1. The van der Waals surface area contributed by atoms with Crippen LogP contribution in [0.4, 0.5) is 9.18 Å². The Morgan fingerprint density at radius 1 is 1.20 bits per heavy atom. The van der Waals surface area contributed by atoms with Gasteiger partial charge in [-0.2, -0.15) is 0 Å². The van der Waals surface area contributed by atoms with Gasteiger partial charge in [0.25, 0.3) is 0 Å². The third kappa shape index (κ3) is 4.59. The van der Waals surface area contributed by atoms with Gasteiger partial charge in [0.05, 0.1) is 19.8 Å². The summed E-state index contributed by atoms with van der Waals surface area (Å²) in [6.45, 7) is 3.59. The number of ether oxygens (including phenoxy) is 3. The number of esters is 1. The van der Waals surface area contributed by atoms with E-state index in [0.717, 1.165) is 0 Å². The second-order valence-electron chi connectivity index (χ2n) is 6.70. The third-order valence-corrected chi connectivity index (χ3v) is 4.76. The lowest BCUT2D eigenvalue weighted by molar-refractivity contribution is -0.146. The van der Waals surface area contributed by atoms with Crippen LogP contribution in [0.3, 0.4) is 0 Å². The highest BCUT2D eigenvalue weighted by molar-refractivity contribution is 6.08. The minimum absolute atomic E-state index is 0.0375. The highest BCUT2D eigenvalue weighted by atomic mass is 19.1. The summed E-state index contributed by atoms with van der Waals surface area (Å²) in [4.78, 5) is 28.4. The molecule has 7 nitrogen and oxygen atoms in total. The molecule has 0 radical (unpaired) electrons. The number of nitrogens with one attached hydrogen (secondary N) is 1. The van der Waals surface area contributed by atoms with Crippen molar-refractivity contribution in [1.82, 2.24) is 5.32 Å². The number of urea groups is 1. The first-order chi connectivity index (χ1) is 14.4. The van der Waals surface area contributed by atoms with Crippen LogP contribution in [-0.2, 0) is 16.1 Å². The van der Waals surface area contributed by atoms with Gasteiger partial charge in [0.2, 0.25) is 0 Å². The van der Waals surface area contributed by atoms with Gasteiger partial charge in [-0.15, -0.1) is 0 Å². The van der Waals surface area contributed by atoms with Crippen molar-refractivity contribution in [2.75, 3.05) is 13.7 Å². The first-order valence-corrected chi connectivity index (χ1v) is 9.51. The third-order valence-electron chi connectivity index (χ3n) is 4.76. The maximum Gasteiger partial charge on any atom is 0.341 e. The normalized spacial score (nSPS) is 18.3. The van der Waals surface area contributed by atoms with Crippen LogP contribution in [-0.4, -0.2) is 31.4 Å². The topological polar surface area (TPSA) is 86.2 Å². The average Bonchev–Trinajstić information content (AvgIpc) is 2.72. The minimum Gasteiger partial charge on any atom is -0.496 e. The van der Waals surface area contributed by atoms with Gasteiger partial charge in [-0.25, -0.2) is 14.2 Å². The van der Waals surface area contributed by atoms with Gasteiger partial charge in [-0.05, 0) is 43.7 Å². The van der Waals surface area contributed by atoms with E-state index in [0.29, 0.717) is 22.6 Å². The molecule has 2 aromatic carbocycles. The molecule has 1 aliphatic rings. The van der Waals surface area contributed by atoms with Crippen molar-refractivity contribution >= 4 is 17.7 Å². The number of halogens is 1. The molecule has 0 aliphatic carbocycles. The molecule has 0 saturated heterocycles. The summed E-state index contributed by atoms with van der Waals surface area (Å²) in [5, 5.41) is 2.73. The molecule has 158 valence electrons. The summed E-state index contributed by atoms with van der Waals surface area (Å²) in [7, 11) is 1.52. The van der Waals surface area contributed by atoms with Gasteiger partial charge in [0, 0.05) is 11.3 Å². The molecule has 2 unspecified atom stereocenters. The van der Waals surface area contributed by atoms with Gasteiger partial charge in [-0.3, -0.25) is 4.79 Å². The van der Waals surface area contributed by atoms with Crippen molar-refractivity contribution in [3.8, 4) is 11.5 Å². The van der Waals surface area contributed by atoms with E-state index < -0.39 is 29.8 Å². The number of hydrogen-bond acceptors (Lipinski definition) is 5. The molecule has 8 heteroatoms. The number of methoxy groups -OCH3 is 1. The molecule has 2 amide bonds. The van der Waals surface area contributed by atoms with Gasteiger partial charge < -0.3 is 19.5 Å². The van der Waals surface area contributed by atoms with E-state index >= 15 is 0 Å². The number of benzene rings is 2. The number of amides is 2. The SMILES string of the molecule is CCOC(=O)C1C(C)=NC(=O)NC1c1ccc(OC)c(COc2ccccc2F)c1. The summed E-state index contributed by atoms with van der Waals surface area (Å²) in [6, 6.07) is 10.1. The lowest BCUT2D eigenvalue weighted by Gasteiger charge is -2.30. The van der Waals surface area contributed by atoms with Crippen LogP contribution in [0.2, 0.25) is 0 Å². The molecule has 0 bridgehead atoms. The van der Waals surface area contributed by atoms with Crippen molar-refractivity contribution < 1.29 is 28.2 Å². The Balaban J connectivity index is 1.92. The van der Waals surface area contributed by atoms with Crippen molar-refractivity contribution in [1.29, 1.82) is 0 Å². The van der Waals surface area contributed by atoms with Crippen LogP contribution in [0.25, 0.3) is 0 Å². The van der Waals surface area contributed by atoms with E-state index in [1.165, 1.54) is 19.2 Å². The number of rotatable bonds is 7. The Morgan fingerprint density at radius 3 is 2.67 bits per heavy atom. The molecule has 30 heavy (non-hydrogen) atoms. The Labute approximate surface area is 173 Å². The van der Waals surface area contributed by atoms with Crippen LogP contribution < -0.4 is 14.8 Å². The van der Waals surface area contributed by atoms with Crippen LogP contribution in [0.5, 0.6) is 11.5 Å². The second kappa shape index (κ2) is 9.39. The maximum atomic E-state index is 13.9. The van der Waals surface area contributed by atoms with E-state index in [1.807, 2.05) is 0 Å². The van der Waals surface area contributed by atoms with Gasteiger partial charge in [0.15, 0.2) is 11.6 Å². The number of carbonyl (C=O) groups is 2. The smallest absolute Gasteiger partial charge is 0.341 e. The molecule has 0 fully saturated rings. The average molecular weight is 414 g/mol. The van der Waals surface area contributed by atoms with Crippen molar-refractivity contribution in [2.45, 2.75) is 26.5 Å². The lowest BCUT2D eigenvalue weighted by Crippen LogP contribution is -2.44. The molecular weight excluding hydrogens is 391 g/mol. The van der Waals surface area contributed by atoms with E-state index in [-0.39, 0.29) is 19.0 Å². The Hall–Kier alpha value is -3.42. The van der Waals surface area contributed by atoms with E-state index in [1.54, 1.807) is 44.2 Å². The zero-order valence-electron chi connectivity index (χ0n) is 17.0. The predicted molar refractivity (Wildman–Crippen MR) is 108 cm³/mol. The molecule has 0 saturated carbocycles. The summed E-state index contributed by atoms with van der Waals surface area (Å²) in [5.74, 6) is -1.04. The lowest BCUT2D eigenvalue weighted by atomic mass is 9.87. The van der Waals surface area contributed by atoms with E-state index in [4.69, 9.17) is 14.2 Å². The van der Waals surface area contributed by atoms with Crippen molar-refractivity contribution in [3.63, 3.8) is 0 Å². The zero-order chi connectivity index (χ0) is 21.7. The largest absolute Gasteiger partial charge is 0.496 e. The van der Waals surface area contributed by atoms with E-state index in [2.05, 4.69) is 10.3 Å². The second-order valence-corrected chi connectivity index (χ2v) is 6.70. The highest BCUT2D eigenvalue weighted by Crippen LogP contribution is 2.32. The van der Waals surface area contributed by atoms with Gasteiger partial charge >= 0.3 is 12.0 Å². The molecule has 2 aromatic rings. The van der Waals surface area contributed by atoms with Crippen LogP contribution in [0.15, 0.2) is 47.5 Å². The molecule has 2 atom stereocenters. The zero-order valence-corrected chi connectivity index (χ0v) is 17.0. The summed E-state index contributed by atoms with van der Waals surface area (Å²) in [5.41, 5.74) is 1.67. The van der Waals surface area contributed by atoms with E-state index in [9.17, 15) is 14.0 Å². The maximum absolute atomic E-state index is 13.9. The molecule has 1 N–H and O–H groups in total. The fourth-order valence-corrected chi connectivity index (χ4v) is 3.36. The van der Waals surface area contributed by atoms with Crippen LogP contribution in [0, 0.1) is 11.7 Å². The van der Waals surface area contributed by atoms with Crippen molar-refractivity contribution in [2.24, 2.45) is 10.9 Å². The molecule has 1 aliphatic heterocycles.